The predicted octanol–water partition coefficient (Wildman–Crippen LogP) is 1.47. The van der Waals surface area contributed by atoms with Gasteiger partial charge in [-0.15, -0.1) is 0 Å². The molecule has 0 unspecified atom stereocenters. The normalized spacial score (nSPS) is 10.5. The minimum absolute atomic E-state index is 0.0816. The van der Waals surface area contributed by atoms with Gasteiger partial charge >= 0.3 is 0 Å². The average molecular weight is 325 g/mol. The molecule has 0 aliphatic heterocycles. The molecule has 0 saturated heterocycles. The standard InChI is InChI=1S/C16H15N5O3/c1-9(22)18-7-10-2-4-11(5-3-10)16-20-15(21-24-16)13-6-12(8-19-13)14(17)23/h2-6,8,19H,7H2,1H3,(H2,17,23)(H,18,22). The lowest BCUT2D eigenvalue weighted by Gasteiger charge is -2.02. The van der Waals surface area contributed by atoms with Crippen molar-refractivity contribution >= 4 is 11.8 Å². The second kappa shape index (κ2) is 6.37. The SMILES string of the molecule is CC(=O)NCc1ccc(-c2nc(-c3cc(C(N)=O)c[nH]3)no2)cc1. The van der Waals surface area contributed by atoms with Gasteiger partial charge in [-0.05, 0) is 23.8 Å². The van der Waals surface area contributed by atoms with Crippen molar-refractivity contribution in [2.24, 2.45) is 5.73 Å². The van der Waals surface area contributed by atoms with E-state index in [-0.39, 0.29) is 5.91 Å². The summed E-state index contributed by atoms with van der Waals surface area (Å²) in [5.74, 6) is 0.0731. The number of hydrogen-bond donors (Lipinski definition) is 3. The highest BCUT2D eigenvalue weighted by Crippen LogP contribution is 2.22. The van der Waals surface area contributed by atoms with Gasteiger partial charge in [0.1, 0.15) is 0 Å². The molecule has 2 aromatic heterocycles. The van der Waals surface area contributed by atoms with E-state index in [2.05, 4.69) is 20.4 Å². The number of aromatic nitrogens is 3. The van der Waals surface area contributed by atoms with Crippen molar-refractivity contribution in [2.75, 3.05) is 0 Å². The molecule has 0 fully saturated rings. The number of rotatable bonds is 5. The summed E-state index contributed by atoms with van der Waals surface area (Å²) < 4.78 is 5.25. The quantitative estimate of drug-likeness (QED) is 0.654. The van der Waals surface area contributed by atoms with E-state index in [1.807, 2.05) is 24.3 Å². The lowest BCUT2D eigenvalue weighted by atomic mass is 10.1. The van der Waals surface area contributed by atoms with Gasteiger partial charge in [-0.1, -0.05) is 17.3 Å². The number of hydrogen-bond acceptors (Lipinski definition) is 5. The molecule has 0 spiro atoms. The lowest BCUT2D eigenvalue weighted by molar-refractivity contribution is -0.119. The maximum absolute atomic E-state index is 11.1. The van der Waals surface area contributed by atoms with Gasteiger partial charge < -0.3 is 20.6 Å². The van der Waals surface area contributed by atoms with Crippen LogP contribution < -0.4 is 11.1 Å². The van der Waals surface area contributed by atoms with E-state index < -0.39 is 5.91 Å². The predicted molar refractivity (Wildman–Crippen MR) is 85.6 cm³/mol. The molecule has 0 aliphatic carbocycles. The van der Waals surface area contributed by atoms with Gasteiger partial charge in [0.2, 0.25) is 17.6 Å². The summed E-state index contributed by atoms with van der Waals surface area (Å²) in [5, 5.41) is 6.62. The number of carbonyl (C=O) groups excluding carboxylic acids is 2. The van der Waals surface area contributed by atoms with Gasteiger partial charge in [-0.2, -0.15) is 4.98 Å². The van der Waals surface area contributed by atoms with Gasteiger partial charge in [0.05, 0.1) is 11.3 Å². The third-order valence-electron chi connectivity index (χ3n) is 3.38. The number of amides is 2. The summed E-state index contributed by atoms with van der Waals surface area (Å²) in [6.07, 6.45) is 1.49. The van der Waals surface area contributed by atoms with Crippen LogP contribution in [-0.2, 0) is 11.3 Å². The van der Waals surface area contributed by atoms with Crippen LogP contribution in [0.3, 0.4) is 0 Å². The van der Waals surface area contributed by atoms with E-state index in [0.29, 0.717) is 29.5 Å². The zero-order valence-corrected chi connectivity index (χ0v) is 12.9. The third kappa shape index (κ3) is 3.32. The number of benzene rings is 1. The van der Waals surface area contributed by atoms with Crippen molar-refractivity contribution in [3.63, 3.8) is 0 Å². The fourth-order valence-electron chi connectivity index (χ4n) is 2.11. The van der Waals surface area contributed by atoms with E-state index in [9.17, 15) is 9.59 Å². The third-order valence-corrected chi connectivity index (χ3v) is 3.38. The fourth-order valence-corrected chi connectivity index (χ4v) is 2.11. The highest BCUT2D eigenvalue weighted by Gasteiger charge is 2.13. The Morgan fingerprint density at radius 2 is 2.04 bits per heavy atom. The Balaban J connectivity index is 1.77. The fraction of sp³-hybridized carbons (Fsp3) is 0.125. The first-order chi connectivity index (χ1) is 11.5. The Hall–Kier alpha value is -3.42. The minimum Gasteiger partial charge on any atom is -0.366 e. The number of H-pyrrole nitrogens is 1. The van der Waals surface area contributed by atoms with Crippen LogP contribution in [0.25, 0.3) is 23.0 Å². The Bertz CT molecular complexity index is 879. The minimum atomic E-state index is -0.532. The molecule has 1 aromatic carbocycles. The van der Waals surface area contributed by atoms with Gasteiger partial charge in [0.25, 0.3) is 5.89 Å². The van der Waals surface area contributed by atoms with Gasteiger partial charge in [-0.25, -0.2) is 0 Å². The Labute approximate surface area is 137 Å². The van der Waals surface area contributed by atoms with Crippen LogP contribution in [0.5, 0.6) is 0 Å². The van der Waals surface area contributed by atoms with Crippen molar-refractivity contribution < 1.29 is 14.1 Å². The number of aromatic amines is 1. The molecular formula is C16H15N5O3. The Morgan fingerprint density at radius 3 is 2.67 bits per heavy atom. The molecule has 8 heteroatoms. The molecule has 3 rings (SSSR count). The van der Waals surface area contributed by atoms with Gasteiger partial charge in [-0.3, -0.25) is 9.59 Å². The summed E-state index contributed by atoms with van der Waals surface area (Å²) in [5.41, 5.74) is 7.81. The van der Waals surface area contributed by atoms with Crippen LogP contribution in [0.15, 0.2) is 41.1 Å². The second-order valence-corrected chi connectivity index (χ2v) is 5.20. The van der Waals surface area contributed by atoms with Crippen LogP contribution in [-0.4, -0.2) is 26.9 Å². The summed E-state index contributed by atoms with van der Waals surface area (Å²) in [6, 6.07) is 8.97. The molecular weight excluding hydrogens is 310 g/mol. The molecule has 0 saturated carbocycles. The molecule has 4 N–H and O–H groups in total. The van der Waals surface area contributed by atoms with Crippen molar-refractivity contribution in [1.29, 1.82) is 0 Å². The molecule has 8 nitrogen and oxygen atoms in total. The molecule has 0 atom stereocenters. The summed E-state index contributed by atoms with van der Waals surface area (Å²) in [6.45, 7) is 1.93. The van der Waals surface area contributed by atoms with Crippen LogP contribution in [0.2, 0.25) is 0 Å². The van der Waals surface area contributed by atoms with Crippen molar-refractivity contribution in [3.8, 4) is 23.0 Å². The lowest BCUT2D eigenvalue weighted by Crippen LogP contribution is -2.18. The molecule has 0 radical (unpaired) electrons. The van der Waals surface area contributed by atoms with E-state index in [1.54, 1.807) is 6.07 Å². The van der Waals surface area contributed by atoms with Crippen molar-refractivity contribution in [2.45, 2.75) is 13.5 Å². The number of nitrogens with two attached hydrogens (primary N) is 1. The maximum Gasteiger partial charge on any atom is 0.258 e. The van der Waals surface area contributed by atoms with E-state index in [1.165, 1.54) is 13.1 Å². The van der Waals surface area contributed by atoms with E-state index in [4.69, 9.17) is 10.3 Å². The van der Waals surface area contributed by atoms with Crippen LogP contribution in [0.4, 0.5) is 0 Å². The molecule has 3 aromatic rings. The average Bonchev–Trinajstić information content (AvgIpc) is 3.22. The number of carbonyl (C=O) groups is 2. The Kier molecular flexibility index (Phi) is 4.11. The highest BCUT2D eigenvalue weighted by atomic mass is 16.5. The molecule has 0 aliphatic rings. The molecule has 24 heavy (non-hydrogen) atoms. The van der Waals surface area contributed by atoms with Crippen LogP contribution in [0, 0.1) is 0 Å². The van der Waals surface area contributed by atoms with E-state index in [0.717, 1.165) is 11.1 Å². The first-order valence-corrected chi connectivity index (χ1v) is 7.19. The van der Waals surface area contributed by atoms with Crippen LogP contribution >= 0.6 is 0 Å². The Morgan fingerprint density at radius 1 is 1.29 bits per heavy atom. The van der Waals surface area contributed by atoms with E-state index >= 15 is 0 Å². The zero-order chi connectivity index (χ0) is 17.1. The second-order valence-electron chi connectivity index (χ2n) is 5.20. The molecule has 0 bridgehead atoms. The number of nitrogens with one attached hydrogen (secondary N) is 2. The van der Waals surface area contributed by atoms with Gasteiger partial charge in [0, 0.05) is 25.2 Å². The van der Waals surface area contributed by atoms with Gasteiger partial charge in [0.15, 0.2) is 0 Å². The number of primary amides is 1. The number of nitrogens with zero attached hydrogens (tertiary/aromatic N) is 2. The zero-order valence-electron chi connectivity index (χ0n) is 12.9. The van der Waals surface area contributed by atoms with Crippen molar-refractivity contribution in [3.05, 3.63) is 47.7 Å². The summed E-state index contributed by atoms with van der Waals surface area (Å²) >= 11 is 0. The monoisotopic (exact) mass is 325 g/mol. The van der Waals surface area contributed by atoms with Crippen molar-refractivity contribution in [1.82, 2.24) is 20.4 Å². The highest BCUT2D eigenvalue weighted by molar-refractivity contribution is 5.93. The topological polar surface area (TPSA) is 127 Å². The largest absolute Gasteiger partial charge is 0.366 e. The molecule has 2 amide bonds. The maximum atomic E-state index is 11.1. The summed E-state index contributed by atoms with van der Waals surface area (Å²) in [7, 11) is 0. The smallest absolute Gasteiger partial charge is 0.258 e. The first-order valence-electron chi connectivity index (χ1n) is 7.19. The molecule has 2 heterocycles. The van der Waals surface area contributed by atoms with Crippen LogP contribution in [0.1, 0.15) is 22.8 Å². The first kappa shape index (κ1) is 15.5. The molecule has 122 valence electrons. The summed E-state index contributed by atoms with van der Waals surface area (Å²) in [4.78, 5) is 29.2.